The molecule has 2 rings (SSSR count). The molecule has 0 saturated heterocycles. The van der Waals surface area contributed by atoms with Crippen molar-refractivity contribution in [3.05, 3.63) is 53.6 Å². The number of aromatic nitrogens is 2. The van der Waals surface area contributed by atoms with Gasteiger partial charge in [-0.05, 0) is 31.5 Å². The van der Waals surface area contributed by atoms with Crippen LogP contribution in [0, 0.1) is 5.82 Å². The molecule has 0 spiro atoms. The summed E-state index contributed by atoms with van der Waals surface area (Å²) in [5.41, 5.74) is 1.10. The highest BCUT2D eigenvalue weighted by molar-refractivity contribution is 5.97. The molecule has 0 amide bonds. The first-order chi connectivity index (χ1) is 9.10. The Bertz CT molecular complexity index is 577. The van der Waals surface area contributed by atoms with Crippen LogP contribution in [-0.4, -0.2) is 15.6 Å². The maximum Gasteiger partial charge on any atom is 0.168 e. The van der Waals surface area contributed by atoms with E-state index in [0.717, 1.165) is 12.1 Å². The number of nitrogens with zero attached hydrogens (tertiary/aromatic N) is 2. The van der Waals surface area contributed by atoms with E-state index in [-0.39, 0.29) is 12.2 Å². The molecule has 100 valence electrons. The third-order valence-corrected chi connectivity index (χ3v) is 3.19. The Labute approximate surface area is 112 Å². The number of carbonyl (C=O) groups is 1. The van der Waals surface area contributed by atoms with E-state index >= 15 is 0 Å². The summed E-state index contributed by atoms with van der Waals surface area (Å²) in [6.07, 6.45) is 3.06. The average Bonchev–Trinajstić information content (AvgIpc) is 2.86. The van der Waals surface area contributed by atoms with E-state index in [0.29, 0.717) is 11.6 Å². The van der Waals surface area contributed by atoms with E-state index in [2.05, 4.69) is 18.9 Å². The Morgan fingerprint density at radius 1 is 1.42 bits per heavy atom. The second-order valence-electron chi connectivity index (χ2n) is 4.65. The summed E-state index contributed by atoms with van der Waals surface area (Å²) in [5, 5.41) is 4.37. The molecule has 1 unspecified atom stereocenters. The topological polar surface area (TPSA) is 34.9 Å². The molecule has 0 aliphatic rings. The van der Waals surface area contributed by atoms with Gasteiger partial charge in [0.2, 0.25) is 0 Å². The van der Waals surface area contributed by atoms with Crippen molar-refractivity contribution in [2.24, 2.45) is 0 Å². The standard InChI is InChI=1S/C15H17FN2O/c1-3-11(2)18-8-7-14(17-18)10-15(19)12-5-4-6-13(16)9-12/h4-9,11H,3,10H2,1-2H3. The van der Waals surface area contributed by atoms with Gasteiger partial charge in [0.05, 0.1) is 12.1 Å². The third-order valence-electron chi connectivity index (χ3n) is 3.19. The van der Waals surface area contributed by atoms with Crippen LogP contribution in [0.5, 0.6) is 0 Å². The van der Waals surface area contributed by atoms with E-state index in [9.17, 15) is 9.18 Å². The molecule has 19 heavy (non-hydrogen) atoms. The van der Waals surface area contributed by atoms with Crippen LogP contribution in [0.3, 0.4) is 0 Å². The van der Waals surface area contributed by atoms with Crippen molar-refractivity contribution in [3.8, 4) is 0 Å². The predicted molar refractivity (Wildman–Crippen MR) is 71.7 cm³/mol. The van der Waals surface area contributed by atoms with Crippen LogP contribution in [0.2, 0.25) is 0 Å². The first-order valence-corrected chi connectivity index (χ1v) is 6.43. The fraction of sp³-hybridized carbons (Fsp3) is 0.333. The van der Waals surface area contributed by atoms with Crippen molar-refractivity contribution in [3.63, 3.8) is 0 Å². The van der Waals surface area contributed by atoms with E-state index < -0.39 is 5.82 Å². The minimum atomic E-state index is -0.393. The maximum atomic E-state index is 13.1. The van der Waals surface area contributed by atoms with E-state index in [1.807, 2.05) is 16.9 Å². The first-order valence-electron chi connectivity index (χ1n) is 6.43. The lowest BCUT2D eigenvalue weighted by Gasteiger charge is -2.08. The van der Waals surface area contributed by atoms with Crippen molar-refractivity contribution in [1.29, 1.82) is 0 Å². The minimum Gasteiger partial charge on any atom is -0.294 e. The number of hydrogen-bond acceptors (Lipinski definition) is 2. The number of rotatable bonds is 5. The highest BCUT2D eigenvalue weighted by Crippen LogP contribution is 2.12. The van der Waals surface area contributed by atoms with Gasteiger partial charge in [-0.1, -0.05) is 19.1 Å². The molecule has 0 saturated carbocycles. The number of halogens is 1. The lowest BCUT2D eigenvalue weighted by Crippen LogP contribution is -2.08. The quantitative estimate of drug-likeness (QED) is 0.772. The highest BCUT2D eigenvalue weighted by atomic mass is 19.1. The SMILES string of the molecule is CCC(C)n1ccc(CC(=O)c2cccc(F)c2)n1. The Balaban J connectivity index is 2.09. The van der Waals surface area contributed by atoms with Gasteiger partial charge in [0.1, 0.15) is 5.82 Å². The van der Waals surface area contributed by atoms with Gasteiger partial charge in [0, 0.05) is 17.8 Å². The van der Waals surface area contributed by atoms with Crippen LogP contribution in [0.1, 0.15) is 42.4 Å². The van der Waals surface area contributed by atoms with Crippen molar-refractivity contribution in [1.82, 2.24) is 9.78 Å². The van der Waals surface area contributed by atoms with Gasteiger partial charge in [-0.3, -0.25) is 9.48 Å². The summed E-state index contributed by atoms with van der Waals surface area (Å²) in [6, 6.07) is 7.90. The van der Waals surface area contributed by atoms with Gasteiger partial charge in [-0.2, -0.15) is 5.10 Å². The molecule has 1 atom stereocenters. The number of hydrogen-bond donors (Lipinski definition) is 0. The highest BCUT2D eigenvalue weighted by Gasteiger charge is 2.11. The van der Waals surface area contributed by atoms with Crippen molar-refractivity contribution in [2.45, 2.75) is 32.7 Å². The van der Waals surface area contributed by atoms with Crippen molar-refractivity contribution >= 4 is 5.78 Å². The van der Waals surface area contributed by atoms with Crippen LogP contribution in [0.25, 0.3) is 0 Å². The molecule has 2 aromatic rings. The lowest BCUT2D eigenvalue weighted by molar-refractivity contribution is 0.0991. The summed E-state index contributed by atoms with van der Waals surface area (Å²) in [5.74, 6) is -0.509. The molecule has 0 N–H and O–H groups in total. The Hall–Kier alpha value is -1.97. The fourth-order valence-corrected chi connectivity index (χ4v) is 1.83. The molecule has 0 aliphatic carbocycles. The zero-order chi connectivity index (χ0) is 13.8. The van der Waals surface area contributed by atoms with Crippen LogP contribution in [0.4, 0.5) is 4.39 Å². The zero-order valence-corrected chi connectivity index (χ0v) is 11.1. The lowest BCUT2D eigenvalue weighted by atomic mass is 10.1. The van der Waals surface area contributed by atoms with Crippen molar-refractivity contribution in [2.75, 3.05) is 0 Å². The second kappa shape index (κ2) is 5.78. The van der Waals surface area contributed by atoms with Gasteiger partial charge in [-0.15, -0.1) is 0 Å². The summed E-state index contributed by atoms with van der Waals surface area (Å²) in [6.45, 7) is 4.16. The molecular formula is C15H17FN2O. The van der Waals surface area contributed by atoms with E-state index in [1.54, 1.807) is 12.1 Å². The molecule has 0 radical (unpaired) electrons. The third kappa shape index (κ3) is 3.28. The number of Topliss-reactive ketones (excluding diaryl/α,β-unsaturated/α-hetero) is 1. The Kier molecular flexibility index (Phi) is 4.10. The van der Waals surface area contributed by atoms with Gasteiger partial charge in [0.15, 0.2) is 5.78 Å². The van der Waals surface area contributed by atoms with Crippen LogP contribution >= 0.6 is 0 Å². The molecular weight excluding hydrogens is 243 g/mol. The molecule has 3 nitrogen and oxygen atoms in total. The van der Waals surface area contributed by atoms with E-state index in [4.69, 9.17) is 0 Å². The average molecular weight is 260 g/mol. The smallest absolute Gasteiger partial charge is 0.168 e. The summed E-state index contributed by atoms with van der Waals surface area (Å²) >= 11 is 0. The largest absolute Gasteiger partial charge is 0.294 e. The van der Waals surface area contributed by atoms with Crippen molar-refractivity contribution < 1.29 is 9.18 Å². The molecule has 1 aromatic carbocycles. The number of ketones is 1. The Morgan fingerprint density at radius 2 is 2.21 bits per heavy atom. The molecule has 1 heterocycles. The fourth-order valence-electron chi connectivity index (χ4n) is 1.83. The monoisotopic (exact) mass is 260 g/mol. The van der Waals surface area contributed by atoms with Gasteiger partial charge in [0.25, 0.3) is 0 Å². The normalized spacial score (nSPS) is 12.4. The molecule has 0 bridgehead atoms. The molecule has 4 heteroatoms. The first kappa shape index (κ1) is 13.5. The summed E-state index contributed by atoms with van der Waals surface area (Å²) in [4.78, 5) is 12.0. The number of benzene rings is 1. The van der Waals surface area contributed by atoms with Crippen LogP contribution < -0.4 is 0 Å². The summed E-state index contributed by atoms with van der Waals surface area (Å²) < 4.78 is 14.9. The summed E-state index contributed by atoms with van der Waals surface area (Å²) in [7, 11) is 0. The zero-order valence-electron chi connectivity index (χ0n) is 11.1. The molecule has 0 aliphatic heterocycles. The second-order valence-corrected chi connectivity index (χ2v) is 4.65. The molecule has 0 fully saturated rings. The predicted octanol–water partition coefficient (Wildman–Crippen LogP) is 3.42. The molecule has 1 aromatic heterocycles. The number of carbonyl (C=O) groups excluding carboxylic acids is 1. The van der Waals surface area contributed by atoms with Gasteiger partial charge >= 0.3 is 0 Å². The van der Waals surface area contributed by atoms with Gasteiger partial charge < -0.3 is 0 Å². The van der Waals surface area contributed by atoms with Gasteiger partial charge in [-0.25, -0.2) is 4.39 Å². The Morgan fingerprint density at radius 3 is 2.89 bits per heavy atom. The van der Waals surface area contributed by atoms with E-state index in [1.165, 1.54) is 12.1 Å². The minimum absolute atomic E-state index is 0.117. The maximum absolute atomic E-state index is 13.1. The van der Waals surface area contributed by atoms with Crippen LogP contribution in [0.15, 0.2) is 36.5 Å². The van der Waals surface area contributed by atoms with Crippen LogP contribution in [-0.2, 0) is 6.42 Å².